The zero-order valence-corrected chi connectivity index (χ0v) is 19.1. The van der Waals surface area contributed by atoms with Gasteiger partial charge in [0.05, 0.1) is 22.0 Å². The van der Waals surface area contributed by atoms with Crippen LogP contribution in [0.25, 0.3) is 32.8 Å². The van der Waals surface area contributed by atoms with Gasteiger partial charge in [0.2, 0.25) is 0 Å². The van der Waals surface area contributed by atoms with E-state index in [2.05, 4.69) is 10.2 Å². The normalized spacial score (nSPS) is 11.8. The molecule has 166 valence electrons. The Kier molecular flexibility index (Phi) is 5.29. The van der Waals surface area contributed by atoms with Gasteiger partial charge in [-0.3, -0.25) is 4.55 Å². The molecule has 0 amide bonds. The fourth-order valence-electron chi connectivity index (χ4n) is 3.75. The van der Waals surface area contributed by atoms with Crippen molar-refractivity contribution in [3.8, 4) is 22.8 Å². The maximum atomic E-state index is 12.0. The number of hydrogen-bond donors (Lipinski definition) is 2. The van der Waals surface area contributed by atoms with Gasteiger partial charge in [-0.15, -0.1) is 11.3 Å². The second-order valence-electron chi connectivity index (χ2n) is 7.48. The molecular formula is C23H19N4O4S2+. The summed E-state index contributed by atoms with van der Waals surface area (Å²) in [6, 6.07) is 19.4. The van der Waals surface area contributed by atoms with Gasteiger partial charge in [-0.2, -0.15) is 8.42 Å². The number of aryl methyl sites for hydroxylation is 1. The summed E-state index contributed by atoms with van der Waals surface area (Å²) in [5.74, 6) is 0.112. The Morgan fingerprint density at radius 1 is 1.06 bits per heavy atom. The number of nitrogens with zero attached hydrogens (tertiary/aromatic N) is 4. The first kappa shape index (κ1) is 21.4. The number of fused-ring (bicyclic) bond motifs is 1. The first-order chi connectivity index (χ1) is 15.9. The van der Waals surface area contributed by atoms with Gasteiger partial charge in [0.1, 0.15) is 10.6 Å². The molecule has 3 aromatic carbocycles. The van der Waals surface area contributed by atoms with Crippen molar-refractivity contribution < 1.29 is 22.9 Å². The third-order valence-corrected chi connectivity index (χ3v) is 7.12. The van der Waals surface area contributed by atoms with Crippen molar-refractivity contribution in [1.29, 1.82) is 0 Å². The zero-order valence-electron chi connectivity index (χ0n) is 17.5. The monoisotopic (exact) mass is 479 g/mol. The van der Waals surface area contributed by atoms with Crippen molar-refractivity contribution in [3.05, 3.63) is 83.2 Å². The van der Waals surface area contributed by atoms with E-state index >= 15 is 0 Å². The van der Waals surface area contributed by atoms with Gasteiger partial charge in [0.25, 0.3) is 10.1 Å². The molecular weight excluding hydrogens is 460 g/mol. The number of tetrazole rings is 1. The smallest absolute Gasteiger partial charge is 0.341 e. The van der Waals surface area contributed by atoms with E-state index in [1.807, 2.05) is 54.8 Å². The van der Waals surface area contributed by atoms with E-state index in [9.17, 15) is 18.1 Å². The molecule has 0 radical (unpaired) electrons. The molecule has 2 heterocycles. The number of aliphatic hydroxyl groups is 1. The Morgan fingerprint density at radius 3 is 2.67 bits per heavy atom. The third kappa shape index (κ3) is 3.83. The zero-order chi connectivity index (χ0) is 23.2. The molecule has 5 aromatic rings. The van der Waals surface area contributed by atoms with Crippen molar-refractivity contribution >= 4 is 31.5 Å². The van der Waals surface area contributed by atoms with Crippen molar-refractivity contribution in [2.24, 2.45) is 0 Å². The predicted molar refractivity (Wildman–Crippen MR) is 124 cm³/mol. The highest BCUT2D eigenvalue weighted by Gasteiger charge is 2.30. The van der Waals surface area contributed by atoms with Crippen LogP contribution in [0.4, 0.5) is 0 Å². The van der Waals surface area contributed by atoms with Crippen LogP contribution in [0.15, 0.2) is 77.0 Å². The molecule has 0 bridgehead atoms. The summed E-state index contributed by atoms with van der Waals surface area (Å²) in [6.07, 6.45) is 0. The second-order valence-corrected chi connectivity index (χ2v) is 9.79. The molecule has 5 rings (SSSR count). The average Bonchev–Trinajstić information content (AvgIpc) is 3.45. The van der Waals surface area contributed by atoms with Gasteiger partial charge in [0.15, 0.2) is 5.69 Å². The Balaban J connectivity index is 1.84. The Hall–Kier alpha value is -3.44. The summed E-state index contributed by atoms with van der Waals surface area (Å²) in [6.45, 7) is 1.72. The van der Waals surface area contributed by atoms with Gasteiger partial charge in [-0.05, 0) is 64.0 Å². The summed E-state index contributed by atoms with van der Waals surface area (Å²) in [5, 5.41) is 22.3. The maximum Gasteiger partial charge on any atom is 0.341 e. The van der Waals surface area contributed by atoms with Gasteiger partial charge in [0, 0.05) is 10.4 Å². The maximum absolute atomic E-state index is 12.0. The minimum Gasteiger partial charge on any atom is -0.392 e. The topological polar surface area (TPSA) is 109 Å². The molecule has 8 nitrogen and oxygen atoms in total. The van der Waals surface area contributed by atoms with Crippen LogP contribution in [-0.4, -0.2) is 33.1 Å². The molecule has 0 aliphatic carbocycles. The van der Waals surface area contributed by atoms with Crippen LogP contribution in [-0.2, 0) is 16.7 Å². The van der Waals surface area contributed by atoms with E-state index in [0.717, 1.165) is 21.3 Å². The predicted octanol–water partition coefficient (Wildman–Crippen LogP) is 3.47. The summed E-state index contributed by atoms with van der Waals surface area (Å²) in [5.41, 5.74) is 3.13. The number of hydrogen-bond acceptors (Lipinski definition) is 6. The summed E-state index contributed by atoms with van der Waals surface area (Å²) in [4.78, 5) is 2.84. The van der Waals surface area contributed by atoms with Crippen LogP contribution in [0.3, 0.4) is 0 Å². The minimum absolute atomic E-state index is 0.112. The first-order valence-electron chi connectivity index (χ1n) is 10.0. The van der Waals surface area contributed by atoms with Crippen LogP contribution in [0.1, 0.15) is 11.1 Å². The average molecular weight is 480 g/mol. The highest BCUT2D eigenvalue weighted by atomic mass is 32.2. The lowest BCUT2D eigenvalue weighted by molar-refractivity contribution is -0.734. The number of benzene rings is 3. The number of aliphatic hydroxyl groups excluding tert-OH is 1. The van der Waals surface area contributed by atoms with E-state index in [1.165, 1.54) is 16.9 Å². The van der Waals surface area contributed by atoms with E-state index < -0.39 is 10.1 Å². The second kappa shape index (κ2) is 8.16. The van der Waals surface area contributed by atoms with Gasteiger partial charge in [-0.25, -0.2) is 0 Å². The van der Waals surface area contributed by atoms with Gasteiger partial charge < -0.3 is 5.11 Å². The highest BCUT2D eigenvalue weighted by Crippen LogP contribution is 2.29. The molecule has 0 fully saturated rings. The van der Waals surface area contributed by atoms with Crippen molar-refractivity contribution in [3.63, 3.8) is 0 Å². The number of rotatable bonds is 5. The number of thiophene rings is 1. The van der Waals surface area contributed by atoms with Crippen LogP contribution < -0.4 is 4.80 Å². The molecule has 0 saturated heterocycles. The molecule has 0 unspecified atom stereocenters. The molecule has 2 aromatic heterocycles. The first-order valence-corrected chi connectivity index (χ1v) is 12.3. The summed E-state index contributed by atoms with van der Waals surface area (Å²) in [7, 11) is -4.50. The fourth-order valence-corrected chi connectivity index (χ4v) is 5.33. The van der Waals surface area contributed by atoms with E-state index in [1.54, 1.807) is 28.3 Å². The molecule has 2 N–H and O–H groups in total. The van der Waals surface area contributed by atoms with Crippen molar-refractivity contribution in [2.45, 2.75) is 18.4 Å². The molecule has 10 heteroatoms. The Bertz CT molecular complexity index is 1610. The van der Waals surface area contributed by atoms with Crippen molar-refractivity contribution in [1.82, 2.24) is 15.0 Å². The van der Waals surface area contributed by atoms with Gasteiger partial charge in [-0.1, -0.05) is 35.9 Å². The fraction of sp³-hybridized carbons (Fsp3) is 0.0870. The molecule has 33 heavy (non-hydrogen) atoms. The highest BCUT2D eigenvalue weighted by molar-refractivity contribution is 7.86. The lowest BCUT2D eigenvalue weighted by Crippen LogP contribution is -2.44. The minimum atomic E-state index is -4.50. The number of aromatic nitrogens is 4. The lowest BCUT2D eigenvalue weighted by Gasteiger charge is -2.06. The Labute approximate surface area is 193 Å². The third-order valence-electron chi connectivity index (χ3n) is 5.26. The Morgan fingerprint density at radius 2 is 1.88 bits per heavy atom. The van der Waals surface area contributed by atoms with Crippen LogP contribution in [0, 0.1) is 6.92 Å². The van der Waals surface area contributed by atoms with Crippen LogP contribution in [0.2, 0.25) is 0 Å². The largest absolute Gasteiger partial charge is 0.392 e. The molecule has 0 spiro atoms. The lowest BCUT2D eigenvalue weighted by atomic mass is 10.1. The van der Waals surface area contributed by atoms with E-state index in [4.69, 9.17) is 0 Å². The molecule has 0 aliphatic rings. The van der Waals surface area contributed by atoms with Crippen LogP contribution >= 0.6 is 11.3 Å². The van der Waals surface area contributed by atoms with Gasteiger partial charge >= 0.3 is 5.82 Å². The van der Waals surface area contributed by atoms with Crippen LogP contribution in [0.5, 0.6) is 0 Å². The van der Waals surface area contributed by atoms with E-state index in [-0.39, 0.29) is 22.9 Å². The molecule has 0 saturated carbocycles. The van der Waals surface area contributed by atoms with E-state index in [0.29, 0.717) is 11.3 Å². The SMILES string of the molecule is Cc1ccc(-[n+]2nc(-c3ccccc3S(=O)(=O)O)nn2-c2cccc3ccsc23)c(CO)c1. The van der Waals surface area contributed by atoms with Crippen molar-refractivity contribution in [2.75, 3.05) is 0 Å². The summed E-state index contributed by atoms with van der Waals surface area (Å²) < 4.78 is 34.7. The molecule has 0 atom stereocenters. The molecule has 0 aliphatic heterocycles. The summed E-state index contributed by atoms with van der Waals surface area (Å²) >= 11 is 1.55. The quantitative estimate of drug-likeness (QED) is 0.295. The standard InChI is InChI=1S/C23H18N4O4S2/c1-15-9-10-19(17(13-15)14-28)26-24-23(18-6-2-3-8-21(18)33(29,30)31)25-27(26)20-7-4-5-16-11-12-32-22(16)20/h2-13,28H,14H2,1H3/p+1.